The van der Waals surface area contributed by atoms with Crippen molar-refractivity contribution in [3.05, 3.63) is 53.1 Å². The van der Waals surface area contributed by atoms with Crippen LogP contribution >= 0.6 is 11.6 Å². The third kappa shape index (κ3) is 2.78. The molecule has 0 heterocycles. The van der Waals surface area contributed by atoms with Crippen LogP contribution in [0.25, 0.3) is 11.1 Å². The summed E-state index contributed by atoms with van der Waals surface area (Å²) in [4.78, 5) is 13.4. The largest absolute Gasteiger partial charge is 0.496 e. The van der Waals surface area contributed by atoms with Crippen LogP contribution in [0.2, 0.25) is 5.02 Å². The number of ether oxygens (including phenoxy) is 1. The maximum atomic E-state index is 11.9. The van der Waals surface area contributed by atoms with Gasteiger partial charge in [0.25, 0.3) is 5.91 Å². The number of hydrogen-bond acceptors (Lipinski definition) is 2. The lowest BCUT2D eigenvalue weighted by Crippen LogP contribution is -2.21. The van der Waals surface area contributed by atoms with Gasteiger partial charge in [0.15, 0.2) is 0 Å². The van der Waals surface area contributed by atoms with Crippen molar-refractivity contribution < 1.29 is 9.53 Å². The number of carbonyl (C=O) groups excluding carboxylic acids is 1. The van der Waals surface area contributed by atoms with E-state index in [4.69, 9.17) is 16.3 Å². The number of hydrogen-bond donors (Lipinski definition) is 0. The zero-order valence-electron chi connectivity index (χ0n) is 11.7. The molecule has 0 aliphatic rings. The molecule has 0 aliphatic carbocycles. The van der Waals surface area contributed by atoms with Gasteiger partial charge in [-0.05, 0) is 29.8 Å². The van der Waals surface area contributed by atoms with Crippen LogP contribution in [0.15, 0.2) is 42.5 Å². The first-order chi connectivity index (χ1) is 9.54. The summed E-state index contributed by atoms with van der Waals surface area (Å²) in [5, 5.41) is 0.621. The molecule has 2 aromatic carbocycles. The van der Waals surface area contributed by atoms with Crippen LogP contribution in [0, 0.1) is 0 Å². The molecule has 0 saturated heterocycles. The van der Waals surface area contributed by atoms with E-state index in [1.165, 1.54) is 0 Å². The normalized spacial score (nSPS) is 10.2. The number of nitrogens with zero attached hydrogens (tertiary/aromatic N) is 1. The lowest BCUT2D eigenvalue weighted by atomic mass is 10.0. The molecule has 0 saturated carbocycles. The maximum Gasteiger partial charge on any atom is 0.253 e. The van der Waals surface area contributed by atoms with Crippen molar-refractivity contribution >= 4 is 17.5 Å². The van der Waals surface area contributed by atoms with Crippen LogP contribution in [-0.4, -0.2) is 32.0 Å². The standard InChI is InChI=1S/C16H16ClNO2/c1-18(2)16(19)12-9-7-11(8-10-12)15-13(17)5-4-6-14(15)20-3/h4-10H,1-3H3. The molecule has 0 radical (unpaired) electrons. The number of amides is 1. The molecule has 2 aromatic rings. The Morgan fingerprint density at radius 1 is 1.10 bits per heavy atom. The highest BCUT2D eigenvalue weighted by atomic mass is 35.5. The molecule has 0 unspecified atom stereocenters. The summed E-state index contributed by atoms with van der Waals surface area (Å²) >= 11 is 6.24. The molecular formula is C16H16ClNO2. The zero-order valence-corrected chi connectivity index (χ0v) is 12.4. The minimum absolute atomic E-state index is 0.0253. The summed E-state index contributed by atoms with van der Waals surface area (Å²) in [5.74, 6) is 0.687. The summed E-state index contributed by atoms with van der Waals surface area (Å²) in [6.45, 7) is 0. The first-order valence-corrected chi connectivity index (χ1v) is 6.57. The van der Waals surface area contributed by atoms with E-state index in [0.717, 1.165) is 11.1 Å². The van der Waals surface area contributed by atoms with Gasteiger partial charge >= 0.3 is 0 Å². The molecule has 0 aromatic heterocycles. The highest BCUT2D eigenvalue weighted by Gasteiger charge is 2.12. The summed E-state index contributed by atoms with van der Waals surface area (Å²) in [7, 11) is 5.07. The predicted octanol–water partition coefficient (Wildman–Crippen LogP) is 3.72. The van der Waals surface area contributed by atoms with Gasteiger partial charge in [-0.2, -0.15) is 0 Å². The van der Waals surface area contributed by atoms with Crippen molar-refractivity contribution in [3.8, 4) is 16.9 Å². The number of halogens is 1. The van der Waals surface area contributed by atoms with E-state index in [9.17, 15) is 4.79 Å². The van der Waals surface area contributed by atoms with Gasteiger partial charge in [0.2, 0.25) is 0 Å². The van der Waals surface area contributed by atoms with Gasteiger partial charge in [-0.1, -0.05) is 29.8 Å². The monoisotopic (exact) mass is 289 g/mol. The van der Waals surface area contributed by atoms with E-state index in [1.54, 1.807) is 38.2 Å². The molecule has 1 amide bonds. The Morgan fingerprint density at radius 2 is 1.75 bits per heavy atom. The second-order valence-corrected chi connectivity index (χ2v) is 5.00. The third-order valence-corrected chi connectivity index (χ3v) is 3.34. The van der Waals surface area contributed by atoms with Gasteiger partial charge in [-0.3, -0.25) is 4.79 Å². The molecule has 2 rings (SSSR count). The predicted molar refractivity (Wildman–Crippen MR) is 81.5 cm³/mol. The van der Waals surface area contributed by atoms with Crippen LogP contribution < -0.4 is 4.74 Å². The van der Waals surface area contributed by atoms with E-state index < -0.39 is 0 Å². The third-order valence-electron chi connectivity index (χ3n) is 3.02. The Kier molecular flexibility index (Phi) is 4.30. The van der Waals surface area contributed by atoms with Crippen LogP contribution in [0.1, 0.15) is 10.4 Å². The average Bonchev–Trinajstić information content (AvgIpc) is 2.46. The van der Waals surface area contributed by atoms with E-state index in [0.29, 0.717) is 16.3 Å². The summed E-state index contributed by atoms with van der Waals surface area (Å²) in [6.07, 6.45) is 0. The molecule has 0 aliphatic heterocycles. The number of benzene rings is 2. The van der Waals surface area contributed by atoms with Crippen LogP contribution in [0.3, 0.4) is 0 Å². The van der Waals surface area contributed by atoms with Crippen molar-refractivity contribution in [2.75, 3.05) is 21.2 Å². The average molecular weight is 290 g/mol. The Hall–Kier alpha value is -2.00. The van der Waals surface area contributed by atoms with Crippen molar-refractivity contribution in [1.29, 1.82) is 0 Å². The van der Waals surface area contributed by atoms with Crippen molar-refractivity contribution in [2.45, 2.75) is 0 Å². The molecule has 0 bridgehead atoms. The van der Waals surface area contributed by atoms with Crippen LogP contribution in [0.4, 0.5) is 0 Å². The Balaban J connectivity index is 2.43. The molecular weight excluding hydrogens is 274 g/mol. The second kappa shape index (κ2) is 5.97. The first-order valence-electron chi connectivity index (χ1n) is 6.19. The lowest BCUT2D eigenvalue weighted by Gasteiger charge is -2.13. The first kappa shape index (κ1) is 14.4. The Labute approximate surface area is 123 Å². The molecule has 20 heavy (non-hydrogen) atoms. The number of methoxy groups -OCH3 is 1. The van der Waals surface area contributed by atoms with Gasteiger partial charge in [-0.25, -0.2) is 0 Å². The lowest BCUT2D eigenvalue weighted by molar-refractivity contribution is 0.0827. The Bertz CT molecular complexity index is 621. The zero-order chi connectivity index (χ0) is 14.7. The second-order valence-electron chi connectivity index (χ2n) is 4.59. The van der Waals surface area contributed by atoms with Crippen molar-refractivity contribution in [1.82, 2.24) is 4.90 Å². The van der Waals surface area contributed by atoms with Gasteiger partial charge in [0, 0.05) is 25.2 Å². The SMILES string of the molecule is COc1cccc(Cl)c1-c1ccc(C(=O)N(C)C)cc1. The summed E-state index contributed by atoms with van der Waals surface area (Å²) < 4.78 is 5.34. The van der Waals surface area contributed by atoms with Crippen molar-refractivity contribution in [3.63, 3.8) is 0 Å². The maximum absolute atomic E-state index is 11.9. The van der Waals surface area contributed by atoms with E-state index >= 15 is 0 Å². The van der Waals surface area contributed by atoms with E-state index in [-0.39, 0.29) is 5.91 Å². The highest BCUT2D eigenvalue weighted by molar-refractivity contribution is 6.33. The molecule has 104 valence electrons. The molecule has 3 nitrogen and oxygen atoms in total. The smallest absolute Gasteiger partial charge is 0.253 e. The van der Waals surface area contributed by atoms with Crippen molar-refractivity contribution in [2.24, 2.45) is 0 Å². The van der Waals surface area contributed by atoms with E-state index in [1.807, 2.05) is 30.3 Å². The van der Waals surface area contributed by atoms with E-state index in [2.05, 4.69) is 0 Å². The molecule has 0 atom stereocenters. The highest BCUT2D eigenvalue weighted by Crippen LogP contribution is 2.36. The van der Waals surface area contributed by atoms with Crippen LogP contribution in [0.5, 0.6) is 5.75 Å². The minimum Gasteiger partial charge on any atom is -0.496 e. The molecule has 0 fully saturated rings. The van der Waals surface area contributed by atoms with Gasteiger partial charge in [0.1, 0.15) is 5.75 Å². The minimum atomic E-state index is -0.0253. The number of carbonyl (C=O) groups is 1. The molecule has 4 heteroatoms. The fourth-order valence-electron chi connectivity index (χ4n) is 1.99. The van der Waals surface area contributed by atoms with Gasteiger partial charge < -0.3 is 9.64 Å². The summed E-state index contributed by atoms with van der Waals surface area (Å²) in [5.41, 5.74) is 2.40. The Morgan fingerprint density at radius 3 is 2.30 bits per heavy atom. The van der Waals surface area contributed by atoms with Gasteiger partial charge in [-0.15, -0.1) is 0 Å². The molecule has 0 N–H and O–H groups in total. The fourth-order valence-corrected chi connectivity index (χ4v) is 2.27. The number of rotatable bonds is 3. The summed E-state index contributed by atoms with van der Waals surface area (Å²) in [6, 6.07) is 12.9. The molecule has 0 spiro atoms. The quantitative estimate of drug-likeness (QED) is 0.862. The topological polar surface area (TPSA) is 29.5 Å². The van der Waals surface area contributed by atoms with Gasteiger partial charge in [0.05, 0.1) is 12.1 Å². The van der Waals surface area contributed by atoms with Crippen LogP contribution in [-0.2, 0) is 0 Å². The fraction of sp³-hybridized carbons (Fsp3) is 0.188.